The second-order valence-corrected chi connectivity index (χ2v) is 8.30. The van der Waals surface area contributed by atoms with Crippen LogP contribution in [0.25, 0.3) is 0 Å². The first-order valence-corrected chi connectivity index (χ1v) is 10.3. The highest BCUT2D eigenvalue weighted by Crippen LogP contribution is 2.44. The summed E-state index contributed by atoms with van der Waals surface area (Å²) in [5.41, 5.74) is 1.37. The first-order valence-electron chi connectivity index (χ1n) is 9.89. The molecule has 2 fully saturated rings. The van der Waals surface area contributed by atoms with Gasteiger partial charge in [-0.3, -0.25) is 0 Å². The fraction of sp³-hybridized carbons (Fsp3) is 0.429. The van der Waals surface area contributed by atoms with Crippen LogP contribution in [0.15, 0.2) is 24.4 Å². The smallest absolute Gasteiger partial charge is 0.322 e. The van der Waals surface area contributed by atoms with Crippen LogP contribution in [0.3, 0.4) is 0 Å². The van der Waals surface area contributed by atoms with E-state index >= 15 is 0 Å². The van der Waals surface area contributed by atoms with E-state index in [-0.39, 0.29) is 28.9 Å². The van der Waals surface area contributed by atoms with Crippen LogP contribution >= 0.6 is 11.6 Å². The van der Waals surface area contributed by atoms with Crippen LogP contribution < -0.4 is 10.1 Å². The number of anilines is 1. The van der Waals surface area contributed by atoms with E-state index in [0.29, 0.717) is 17.7 Å². The van der Waals surface area contributed by atoms with Crippen molar-refractivity contribution in [2.24, 2.45) is 0 Å². The Hall–Kier alpha value is -2.41. The Morgan fingerprint density at radius 3 is 2.83 bits per heavy atom. The number of ether oxygens (including phenoxy) is 1. The number of benzene rings is 1. The van der Waals surface area contributed by atoms with Crippen LogP contribution in [-0.2, 0) is 6.42 Å². The van der Waals surface area contributed by atoms with Gasteiger partial charge in [-0.15, -0.1) is 0 Å². The molecule has 1 saturated heterocycles. The molecule has 2 amide bonds. The van der Waals surface area contributed by atoms with Crippen LogP contribution in [0.2, 0.25) is 5.02 Å². The monoisotopic (exact) mass is 419 g/mol. The molecule has 152 valence electrons. The van der Waals surface area contributed by atoms with Gasteiger partial charge in [-0.2, -0.15) is 4.39 Å². The largest absolute Gasteiger partial charge is 0.489 e. The second kappa shape index (κ2) is 7.13. The summed E-state index contributed by atoms with van der Waals surface area (Å²) in [4.78, 5) is 18.4. The van der Waals surface area contributed by atoms with Crippen LogP contribution in [0.1, 0.15) is 49.3 Å². The van der Waals surface area contributed by atoms with Gasteiger partial charge in [0, 0.05) is 23.9 Å². The summed E-state index contributed by atoms with van der Waals surface area (Å²) < 4.78 is 34.4. The minimum absolute atomic E-state index is 0.00654. The zero-order chi connectivity index (χ0) is 20.1. The molecule has 2 atom stereocenters. The van der Waals surface area contributed by atoms with Crippen molar-refractivity contribution in [3.8, 4) is 5.75 Å². The first kappa shape index (κ1) is 18.6. The molecule has 5 nitrogen and oxygen atoms in total. The number of halogens is 3. The van der Waals surface area contributed by atoms with Gasteiger partial charge in [0.15, 0.2) is 5.82 Å². The van der Waals surface area contributed by atoms with Crippen molar-refractivity contribution < 1.29 is 18.3 Å². The molecule has 0 spiro atoms. The first-order chi connectivity index (χ1) is 14.0. The van der Waals surface area contributed by atoms with Crippen LogP contribution in [0.4, 0.5) is 19.3 Å². The summed E-state index contributed by atoms with van der Waals surface area (Å²) in [7, 11) is 0. The normalized spacial score (nSPS) is 22.8. The Kier molecular flexibility index (Phi) is 4.57. The third-order valence-corrected chi connectivity index (χ3v) is 6.48. The van der Waals surface area contributed by atoms with E-state index in [1.807, 2.05) is 0 Å². The third kappa shape index (κ3) is 3.21. The summed E-state index contributed by atoms with van der Waals surface area (Å²) in [5.74, 6) is -0.779. The summed E-state index contributed by atoms with van der Waals surface area (Å²) in [6.07, 6.45) is 6.39. The predicted octanol–water partition coefficient (Wildman–Crippen LogP) is 5.24. The van der Waals surface area contributed by atoms with Crippen molar-refractivity contribution in [3.63, 3.8) is 0 Å². The number of nitrogens with zero attached hydrogens (tertiary/aromatic N) is 2. The maximum atomic E-state index is 14.6. The summed E-state index contributed by atoms with van der Waals surface area (Å²) in [6, 6.07) is 3.58. The summed E-state index contributed by atoms with van der Waals surface area (Å²) in [6.45, 7) is 0. The lowest BCUT2D eigenvalue weighted by Gasteiger charge is -2.36. The predicted molar refractivity (Wildman–Crippen MR) is 104 cm³/mol. The molecule has 1 saturated carbocycles. The quantitative estimate of drug-likeness (QED) is 0.692. The van der Waals surface area contributed by atoms with Crippen molar-refractivity contribution in [1.29, 1.82) is 0 Å². The summed E-state index contributed by atoms with van der Waals surface area (Å²) >= 11 is 6.24. The second-order valence-electron chi connectivity index (χ2n) is 7.89. The number of hydrogen-bond acceptors (Lipinski definition) is 3. The van der Waals surface area contributed by atoms with E-state index in [0.717, 1.165) is 37.7 Å². The molecule has 1 aromatic heterocycles. The average molecular weight is 420 g/mol. The highest BCUT2D eigenvalue weighted by molar-refractivity contribution is 6.32. The standard InChI is InChI=1S/C21H20ClF2N3O2/c22-15-9-17(16(23)10-19(15)29-12-2-1-3-12)26-21(28)27-11-4-5-18(27)13-6-7-25-20(24)14(13)8-11/h6-7,9-12,18H,1-5,8H2,(H,26,28). The molecule has 0 radical (unpaired) electrons. The molecule has 3 heterocycles. The minimum Gasteiger partial charge on any atom is -0.489 e. The zero-order valence-corrected chi connectivity index (χ0v) is 16.4. The zero-order valence-electron chi connectivity index (χ0n) is 15.6. The highest BCUT2D eigenvalue weighted by Gasteiger charge is 2.43. The van der Waals surface area contributed by atoms with E-state index in [4.69, 9.17) is 16.3 Å². The van der Waals surface area contributed by atoms with Gasteiger partial charge in [0.2, 0.25) is 5.95 Å². The number of urea groups is 1. The van der Waals surface area contributed by atoms with Crippen molar-refractivity contribution >= 4 is 23.3 Å². The van der Waals surface area contributed by atoms with E-state index in [1.54, 1.807) is 11.0 Å². The highest BCUT2D eigenvalue weighted by atomic mass is 35.5. The van der Waals surface area contributed by atoms with Gasteiger partial charge in [-0.25, -0.2) is 14.2 Å². The Morgan fingerprint density at radius 2 is 2.07 bits per heavy atom. The van der Waals surface area contributed by atoms with Crippen LogP contribution in [0, 0.1) is 11.8 Å². The Balaban J connectivity index is 1.36. The molecule has 1 aliphatic carbocycles. The number of carbonyl (C=O) groups excluding carboxylic acids is 1. The lowest BCUT2D eigenvalue weighted by molar-refractivity contribution is 0.120. The molecule has 2 aliphatic heterocycles. The fourth-order valence-electron chi connectivity index (χ4n) is 4.49. The molecule has 1 aromatic carbocycles. The molecule has 5 rings (SSSR count). The van der Waals surface area contributed by atoms with Gasteiger partial charge >= 0.3 is 6.03 Å². The molecule has 1 N–H and O–H groups in total. The van der Waals surface area contributed by atoms with Crippen molar-refractivity contribution in [2.45, 2.75) is 56.7 Å². The van der Waals surface area contributed by atoms with E-state index in [2.05, 4.69) is 10.3 Å². The number of aromatic nitrogens is 1. The molecule has 2 aromatic rings. The van der Waals surface area contributed by atoms with E-state index < -0.39 is 17.8 Å². The molecule has 2 unspecified atom stereocenters. The Morgan fingerprint density at radius 1 is 1.24 bits per heavy atom. The maximum Gasteiger partial charge on any atom is 0.322 e. The van der Waals surface area contributed by atoms with Gasteiger partial charge in [0.1, 0.15) is 5.75 Å². The van der Waals surface area contributed by atoms with Gasteiger partial charge < -0.3 is 15.0 Å². The van der Waals surface area contributed by atoms with Crippen molar-refractivity contribution in [2.75, 3.05) is 5.32 Å². The molecule has 29 heavy (non-hydrogen) atoms. The number of nitrogens with one attached hydrogen (secondary N) is 1. The number of carbonyl (C=O) groups is 1. The Bertz CT molecular complexity index is 983. The topological polar surface area (TPSA) is 54.5 Å². The SMILES string of the molecule is O=C(Nc1cc(Cl)c(OC2CCC2)cc1F)N1C2CCC1c1ccnc(F)c1C2. The van der Waals surface area contributed by atoms with Gasteiger partial charge in [-0.1, -0.05) is 11.6 Å². The molecule has 3 aliphatic rings. The molecule has 8 heteroatoms. The fourth-order valence-corrected chi connectivity index (χ4v) is 4.70. The number of pyridine rings is 1. The number of hydrogen-bond donors (Lipinski definition) is 1. The molecular formula is C21H20ClF2N3O2. The van der Waals surface area contributed by atoms with E-state index in [1.165, 1.54) is 18.3 Å². The minimum atomic E-state index is -0.600. The average Bonchev–Trinajstić information content (AvgIpc) is 2.98. The Labute approximate surface area is 172 Å². The van der Waals surface area contributed by atoms with Crippen molar-refractivity contribution in [3.05, 3.63) is 52.3 Å². The number of amides is 2. The van der Waals surface area contributed by atoms with Gasteiger partial charge in [0.05, 0.1) is 22.9 Å². The molecular weight excluding hydrogens is 400 g/mol. The summed E-state index contributed by atoms with van der Waals surface area (Å²) in [5, 5.41) is 2.90. The molecule has 2 bridgehead atoms. The third-order valence-electron chi connectivity index (χ3n) is 6.18. The van der Waals surface area contributed by atoms with Crippen LogP contribution in [-0.4, -0.2) is 28.1 Å². The number of rotatable bonds is 3. The lowest BCUT2D eigenvalue weighted by Crippen LogP contribution is -2.44. The van der Waals surface area contributed by atoms with E-state index in [9.17, 15) is 13.6 Å². The van der Waals surface area contributed by atoms with Gasteiger partial charge in [-0.05, 0) is 56.2 Å². The van der Waals surface area contributed by atoms with Crippen molar-refractivity contribution in [1.82, 2.24) is 9.88 Å². The lowest BCUT2D eigenvalue weighted by atomic mass is 9.95. The van der Waals surface area contributed by atoms with Gasteiger partial charge in [0.25, 0.3) is 0 Å². The maximum absolute atomic E-state index is 14.6. The van der Waals surface area contributed by atoms with Crippen LogP contribution in [0.5, 0.6) is 5.75 Å². The number of fused-ring (bicyclic) bond motifs is 4.